The summed E-state index contributed by atoms with van der Waals surface area (Å²) in [6.45, 7) is 6.84. The van der Waals surface area contributed by atoms with Crippen LogP contribution in [0.15, 0.2) is 24.3 Å². The summed E-state index contributed by atoms with van der Waals surface area (Å²) in [5, 5.41) is 4.23. The Morgan fingerprint density at radius 2 is 2.00 bits per heavy atom. The second kappa shape index (κ2) is 8.88. The summed E-state index contributed by atoms with van der Waals surface area (Å²) in [6.07, 6.45) is 6.04. The standard InChI is InChI=1S/C18H28ClNO2/c1-3-4-5-6-11-20-13-17-14-21-18(2,22-17)12-15-7-9-16(19)10-8-15/h7-10,17,20H,3-6,11-14H2,1-2H3. The van der Waals surface area contributed by atoms with Gasteiger partial charge in [0.05, 0.1) is 12.7 Å². The van der Waals surface area contributed by atoms with Gasteiger partial charge in [-0.05, 0) is 37.6 Å². The molecule has 1 saturated heterocycles. The molecule has 1 heterocycles. The van der Waals surface area contributed by atoms with E-state index in [1.807, 2.05) is 31.2 Å². The maximum atomic E-state index is 6.09. The van der Waals surface area contributed by atoms with Gasteiger partial charge in [-0.1, -0.05) is 49.9 Å². The van der Waals surface area contributed by atoms with Crippen LogP contribution in [0.5, 0.6) is 0 Å². The second-order valence-electron chi connectivity index (χ2n) is 6.25. The second-order valence-corrected chi connectivity index (χ2v) is 6.69. The fourth-order valence-corrected chi connectivity index (χ4v) is 2.92. The molecule has 2 unspecified atom stereocenters. The number of benzene rings is 1. The monoisotopic (exact) mass is 325 g/mol. The SMILES string of the molecule is CCCCCCNCC1COC(C)(Cc2ccc(Cl)cc2)O1. The lowest BCUT2D eigenvalue weighted by molar-refractivity contribution is -0.151. The number of nitrogens with one attached hydrogen (secondary N) is 1. The zero-order valence-electron chi connectivity index (χ0n) is 13.7. The fourth-order valence-electron chi connectivity index (χ4n) is 2.80. The molecule has 0 spiro atoms. The molecule has 22 heavy (non-hydrogen) atoms. The van der Waals surface area contributed by atoms with Crippen LogP contribution in [0.1, 0.15) is 45.1 Å². The summed E-state index contributed by atoms with van der Waals surface area (Å²) in [5.74, 6) is -0.525. The van der Waals surface area contributed by atoms with Crippen molar-refractivity contribution in [3.63, 3.8) is 0 Å². The van der Waals surface area contributed by atoms with E-state index in [1.165, 1.54) is 31.2 Å². The van der Waals surface area contributed by atoms with E-state index in [0.29, 0.717) is 6.61 Å². The minimum absolute atomic E-state index is 0.142. The minimum Gasteiger partial charge on any atom is -0.347 e. The van der Waals surface area contributed by atoms with Crippen LogP contribution in [-0.2, 0) is 15.9 Å². The molecule has 0 aliphatic carbocycles. The lowest BCUT2D eigenvalue weighted by atomic mass is 10.1. The van der Waals surface area contributed by atoms with E-state index in [9.17, 15) is 0 Å². The van der Waals surface area contributed by atoms with E-state index in [4.69, 9.17) is 21.1 Å². The third-order valence-corrected chi connectivity index (χ3v) is 4.26. The van der Waals surface area contributed by atoms with Crippen molar-refractivity contribution in [3.8, 4) is 0 Å². The van der Waals surface area contributed by atoms with Crippen molar-refractivity contribution >= 4 is 11.6 Å². The molecule has 0 saturated carbocycles. The van der Waals surface area contributed by atoms with Gasteiger partial charge in [0.2, 0.25) is 0 Å². The molecule has 0 radical (unpaired) electrons. The maximum Gasteiger partial charge on any atom is 0.170 e. The van der Waals surface area contributed by atoms with Crippen LogP contribution < -0.4 is 5.32 Å². The summed E-state index contributed by atoms with van der Waals surface area (Å²) in [4.78, 5) is 0. The largest absolute Gasteiger partial charge is 0.347 e. The molecular formula is C18H28ClNO2. The van der Waals surface area contributed by atoms with Crippen molar-refractivity contribution in [2.45, 2.75) is 57.8 Å². The first-order valence-corrected chi connectivity index (χ1v) is 8.76. The van der Waals surface area contributed by atoms with Gasteiger partial charge in [-0.2, -0.15) is 0 Å². The van der Waals surface area contributed by atoms with Crippen LogP contribution >= 0.6 is 11.6 Å². The first-order valence-electron chi connectivity index (χ1n) is 8.38. The number of rotatable bonds is 9. The van der Waals surface area contributed by atoms with E-state index < -0.39 is 5.79 Å². The van der Waals surface area contributed by atoms with Crippen molar-refractivity contribution in [2.24, 2.45) is 0 Å². The molecule has 1 aromatic rings. The van der Waals surface area contributed by atoms with Crippen LogP contribution in [-0.4, -0.2) is 31.6 Å². The Morgan fingerprint density at radius 3 is 2.73 bits per heavy atom. The van der Waals surface area contributed by atoms with E-state index in [1.54, 1.807) is 0 Å². The topological polar surface area (TPSA) is 30.5 Å². The highest BCUT2D eigenvalue weighted by Gasteiger charge is 2.36. The Morgan fingerprint density at radius 1 is 1.23 bits per heavy atom. The third-order valence-electron chi connectivity index (χ3n) is 4.01. The van der Waals surface area contributed by atoms with Gasteiger partial charge in [-0.25, -0.2) is 0 Å². The van der Waals surface area contributed by atoms with Crippen LogP contribution in [0.25, 0.3) is 0 Å². The Bertz CT molecular complexity index is 437. The van der Waals surface area contributed by atoms with Gasteiger partial charge in [0.25, 0.3) is 0 Å². The van der Waals surface area contributed by atoms with Crippen molar-refractivity contribution in [3.05, 3.63) is 34.9 Å². The molecule has 1 fully saturated rings. The summed E-state index contributed by atoms with van der Waals surface area (Å²) < 4.78 is 12.0. The third kappa shape index (κ3) is 5.88. The van der Waals surface area contributed by atoms with E-state index in [-0.39, 0.29) is 6.10 Å². The van der Waals surface area contributed by atoms with Crippen molar-refractivity contribution < 1.29 is 9.47 Å². The first-order chi connectivity index (χ1) is 10.6. The molecule has 1 N–H and O–H groups in total. The van der Waals surface area contributed by atoms with Crippen molar-refractivity contribution in [2.75, 3.05) is 19.7 Å². The zero-order chi connectivity index (χ0) is 15.8. The number of hydrogen-bond donors (Lipinski definition) is 1. The van der Waals surface area contributed by atoms with Gasteiger partial charge in [0.1, 0.15) is 0 Å². The molecule has 1 aromatic carbocycles. The highest BCUT2D eigenvalue weighted by molar-refractivity contribution is 6.30. The van der Waals surface area contributed by atoms with Gasteiger partial charge in [-0.15, -0.1) is 0 Å². The average molecular weight is 326 g/mol. The number of halogens is 1. The van der Waals surface area contributed by atoms with Crippen molar-refractivity contribution in [1.29, 1.82) is 0 Å². The molecule has 4 heteroatoms. The molecular weight excluding hydrogens is 298 g/mol. The number of ether oxygens (including phenoxy) is 2. The van der Waals surface area contributed by atoms with Gasteiger partial charge in [0, 0.05) is 18.0 Å². The van der Waals surface area contributed by atoms with Crippen LogP contribution in [0, 0.1) is 0 Å². The predicted octanol–water partition coefficient (Wildman–Crippen LogP) is 4.18. The molecule has 1 aliphatic heterocycles. The van der Waals surface area contributed by atoms with Crippen LogP contribution in [0.3, 0.4) is 0 Å². The molecule has 0 aromatic heterocycles. The lowest BCUT2D eigenvalue weighted by Gasteiger charge is -2.23. The predicted molar refractivity (Wildman–Crippen MR) is 91.4 cm³/mol. The van der Waals surface area contributed by atoms with Gasteiger partial charge in [-0.3, -0.25) is 0 Å². The average Bonchev–Trinajstić information content (AvgIpc) is 2.86. The summed E-state index contributed by atoms with van der Waals surface area (Å²) >= 11 is 5.92. The Labute approximate surface area is 139 Å². The van der Waals surface area contributed by atoms with Gasteiger partial charge < -0.3 is 14.8 Å². The molecule has 0 amide bonds. The summed E-state index contributed by atoms with van der Waals surface area (Å²) in [5.41, 5.74) is 1.18. The van der Waals surface area contributed by atoms with E-state index >= 15 is 0 Å². The number of hydrogen-bond acceptors (Lipinski definition) is 3. The Hall–Kier alpha value is -0.610. The lowest BCUT2D eigenvalue weighted by Crippen LogP contribution is -2.33. The normalized spacial score (nSPS) is 24.8. The Balaban J connectivity index is 1.68. The number of unbranched alkanes of at least 4 members (excludes halogenated alkanes) is 3. The molecule has 3 nitrogen and oxygen atoms in total. The molecule has 2 atom stereocenters. The van der Waals surface area contributed by atoms with E-state index in [0.717, 1.165) is 24.5 Å². The molecule has 1 aliphatic rings. The smallest absolute Gasteiger partial charge is 0.170 e. The first kappa shape index (κ1) is 17.7. The zero-order valence-corrected chi connectivity index (χ0v) is 14.5. The van der Waals surface area contributed by atoms with Crippen LogP contribution in [0.2, 0.25) is 5.02 Å². The molecule has 2 rings (SSSR count). The van der Waals surface area contributed by atoms with E-state index in [2.05, 4.69) is 12.2 Å². The quantitative estimate of drug-likeness (QED) is 0.691. The summed E-state index contributed by atoms with van der Waals surface area (Å²) in [6, 6.07) is 7.87. The highest BCUT2D eigenvalue weighted by atomic mass is 35.5. The highest BCUT2D eigenvalue weighted by Crippen LogP contribution is 2.27. The molecule has 0 bridgehead atoms. The minimum atomic E-state index is -0.525. The molecule has 124 valence electrons. The maximum absolute atomic E-state index is 6.09. The Kier molecular flexibility index (Phi) is 7.16. The summed E-state index contributed by atoms with van der Waals surface area (Å²) in [7, 11) is 0. The van der Waals surface area contributed by atoms with Gasteiger partial charge >= 0.3 is 0 Å². The van der Waals surface area contributed by atoms with Crippen LogP contribution in [0.4, 0.5) is 0 Å². The van der Waals surface area contributed by atoms with Crippen molar-refractivity contribution in [1.82, 2.24) is 5.32 Å². The van der Waals surface area contributed by atoms with Gasteiger partial charge in [0.15, 0.2) is 5.79 Å². The fraction of sp³-hybridized carbons (Fsp3) is 0.667.